The molecule has 0 aliphatic carbocycles. The summed E-state index contributed by atoms with van der Waals surface area (Å²) in [6.45, 7) is 7.31. The number of halogens is 3. The third kappa shape index (κ3) is 6.88. The Labute approximate surface area is 219 Å². The second-order valence-electron chi connectivity index (χ2n) is 8.64. The van der Waals surface area contributed by atoms with Crippen molar-refractivity contribution in [2.45, 2.75) is 44.3 Å². The lowest BCUT2D eigenvalue weighted by Gasteiger charge is -2.20. The molecule has 1 aromatic rings. The number of methoxy groups -OCH3 is 1. The Morgan fingerprint density at radius 3 is 2.72 bits per heavy atom. The molecule has 2 heterocycles. The maximum atomic E-state index is 13.9. The standard InChI is InChI=1S/C24H30Cl2FN3O6/c1-14(5-7-18(31)35-11-10-30-9-8-28-13-30)4-6-16-20(29-23(33)24(25,26)27)19-17(12-36-22(19)32)15(2)21(16)34-3/h4,28H,5-13H2,1-3H3,(H,29,33)/b14-4+. The van der Waals surface area contributed by atoms with Crippen LogP contribution in [0.2, 0.25) is 0 Å². The van der Waals surface area contributed by atoms with E-state index in [0.717, 1.165) is 25.3 Å². The van der Waals surface area contributed by atoms with E-state index in [-0.39, 0.29) is 36.7 Å². The quantitative estimate of drug-likeness (QED) is 0.247. The fourth-order valence-corrected chi connectivity index (χ4v) is 4.25. The zero-order valence-corrected chi connectivity index (χ0v) is 22.0. The van der Waals surface area contributed by atoms with Gasteiger partial charge >= 0.3 is 16.5 Å². The van der Waals surface area contributed by atoms with Crippen molar-refractivity contribution in [2.24, 2.45) is 0 Å². The van der Waals surface area contributed by atoms with Crippen LogP contribution in [0.5, 0.6) is 5.75 Å². The summed E-state index contributed by atoms with van der Waals surface area (Å²) in [5, 5.41) is 5.55. The lowest BCUT2D eigenvalue weighted by atomic mass is 9.93. The van der Waals surface area contributed by atoms with Crippen LogP contribution in [-0.2, 0) is 32.1 Å². The normalized spacial score (nSPS) is 16.1. The molecule has 0 aromatic heterocycles. The first-order valence-corrected chi connectivity index (χ1v) is 12.3. The number of alkyl halides is 3. The van der Waals surface area contributed by atoms with Crippen molar-refractivity contribution in [3.63, 3.8) is 0 Å². The third-order valence-electron chi connectivity index (χ3n) is 6.16. The van der Waals surface area contributed by atoms with Gasteiger partial charge in [-0.05, 0) is 32.3 Å². The predicted octanol–water partition coefficient (Wildman–Crippen LogP) is 3.39. The van der Waals surface area contributed by atoms with Gasteiger partial charge in [0.25, 0.3) is 5.91 Å². The number of nitrogens with one attached hydrogen (secondary N) is 2. The Morgan fingerprint density at radius 2 is 2.08 bits per heavy atom. The largest absolute Gasteiger partial charge is 0.496 e. The Kier molecular flexibility index (Phi) is 9.57. The molecule has 0 saturated carbocycles. The van der Waals surface area contributed by atoms with Gasteiger partial charge in [-0.2, -0.15) is 4.39 Å². The number of amides is 1. The molecule has 3 rings (SSSR count). The first kappa shape index (κ1) is 28.2. The maximum absolute atomic E-state index is 13.9. The van der Waals surface area contributed by atoms with Gasteiger partial charge < -0.3 is 24.8 Å². The summed E-state index contributed by atoms with van der Waals surface area (Å²) in [4.78, 5) is 39.0. The van der Waals surface area contributed by atoms with Crippen LogP contribution >= 0.6 is 23.2 Å². The summed E-state index contributed by atoms with van der Waals surface area (Å²) >= 11 is 10.7. The second kappa shape index (κ2) is 12.2. The first-order valence-electron chi connectivity index (χ1n) is 11.5. The zero-order chi connectivity index (χ0) is 26.5. The average molecular weight is 546 g/mol. The summed E-state index contributed by atoms with van der Waals surface area (Å²) in [7, 11) is 1.45. The topological polar surface area (TPSA) is 106 Å². The number of ether oxygens (including phenoxy) is 3. The van der Waals surface area contributed by atoms with E-state index in [1.807, 2.05) is 13.0 Å². The van der Waals surface area contributed by atoms with Crippen LogP contribution in [0.4, 0.5) is 10.1 Å². The average Bonchev–Trinajstić information content (AvgIpc) is 3.47. The number of carbonyl (C=O) groups excluding carboxylic acids is 3. The number of anilines is 1. The summed E-state index contributed by atoms with van der Waals surface area (Å²) in [6, 6.07) is 0. The van der Waals surface area contributed by atoms with Crippen molar-refractivity contribution in [2.75, 3.05) is 45.3 Å². The molecule has 12 heteroatoms. The summed E-state index contributed by atoms with van der Waals surface area (Å²) < 4.78 is 26.7. The van der Waals surface area contributed by atoms with Gasteiger partial charge in [-0.3, -0.25) is 14.5 Å². The molecule has 1 fully saturated rings. The summed E-state index contributed by atoms with van der Waals surface area (Å²) in [5.41, 5.74) is 2.64. The van der Waals surface area contributed by atoms with Crippen molar-refractivity contribution >= 4 is 46.7 Å². The van der Waals surface area contributed by atoms with Gasteiger partial charge in [0.1, 0.15) is 19.0 Å². The highest BCUT2D eigenvalue weighted by atomic mass is 35.5. The molecule has 0 bridgehead atoms. The smallest absolute Gasteiger partial charge is 0.341 e. The van der Waals surface area contributed by atoms with Gasteiger partial charge in [-0.1, -0.05) is 34.9 Å². The van der Waals surface area contributed by atoms with Crippen LogP contribution in [0, 0.1) is 6.92 Å². The highest BCUT2D eigenvalue weighted by molar-refractivity contribution is 6.57. The Balaban J connectivity index is 1.74. The van der Waals surface area contributed by atoms with Gasteiger partial charge in [0.15, 0.2) is 0 Å². The number of esters is 2. The van der Waals surface area contributed by atoms with Crippen molar-refractivity contribution in [3.8, 4) is 5.75 Å². The van der Waals surface area contributed by atoms with Crippen LogP contribution in [0.1, 0.15) is 46.8 Å². The van der Waals surface area contributed by atoms with Crippen LogP contribution < -0.4 is 15.4 Å². The number of nitrogens with zero attached hydrogens (tertiary/aromatic N) is 1. The van der Waals surface area contributed by atoms with Crippen molar-refractivity contribution < 1.29 is 33.0 Å². The first-order chi connectivity index (χ1) is 17.0. The highest BCUT2D eigenvalue weighted by Gasteiger charge is 2.38. The molecule has 2 aliphatic rings. The van der Waals surface area contributed by atoms with E-state index in [1.54, 1.807) is 6.92 Å². The van der Waals surface area contributed by atoms with Gasteiger partial charge in [-0.15, -0.1) is 0 Å². The van der Waals surface area contributed by atoms with E-state index < -0.39 is 16.5 Å². The van der Waals surface area contributed by atoms with Gasteiger partial charge in [0, 0.05) is 43.9 Å². The molecule has 1 aromatic carbocycles. The van der Waals surface area contributed by atoms with Crippen LogP contribution in [0.3, 0.4) is 0 Å². The fourth-order valence-electron chi connectivity index (χ4n) is 4.16. The molecule has 9 nitrogen and oxygen atoms in total. The molecule has 2 aliphatic heterocycles. The second-order valence-corrected chi connectivity index (χ2v) is 9.88. The highest BCUT2D eigenvalue weighted by Crippen LogP contribution is 2.42. The van der Waals surface area contributed by atoms with Gasteiger partial charge in [-0.25, -0.2) is 4.79 Å². The number of allylic oxidation sites excluding steroid dienone is 2. The SMILES string of the molecule is COc1c(C)c2c(c(NC(=O)C(F)(Cl)Cl)c1C/C=C(\C)CCC(=O)OCCN1CCNC1)C(=O)OC2. The molecule has 0 atom stereocenters. The van der Waals surface area contributed by atoms with E-state index in [1.165, 1.54) is 7.11 Å². The molecular formula is C24H30Cl2FN3O6. The molecular weight excluding hydrogens is 516 g/mol. The molecule has 198 valence electrons. The van der Waals surface area contributed by atoms with Crippen LogP contribution in [0.15, 0.2) is 11.6 Å². The monoisotopic (exact) mass is 545 g/mol. The summed E-state index contributed by atoms with van der Waals surface area (Å²) in [6.07, 6.45) is 2.72. The Morgan fingerprint density at radius 1 is 1.33 bits per heavy atom. The molecule has 1 saturated heterocycles. The van der Waals surface area contributed by atoms with Crippen molar-refractivity contribution in [1.82, 2.24) is 10.2 Å². The fraction of sp³-hybridized carbons (Fsp3) is 0.542. The molecule has 2 N–H and O–H groups in total. The van der Waals surface area contributed by atoms with Crippen molar-refractivity contribution in [1.29, 1.82) is 0 Å². The molecule has 0 unspecified atom stereocenters. The lowest BCUT2D eigenvalue weighted by molar-refractivity contribution is -0.144. The number of fused-ring (bicyclic) bond motifs is 1. The van der Waals surface area contributed by atoms with Gasteiger partial charge in [0.2, 0.25) is 0 Å². The lowest BCUT2D eigenvalue weighted by Crippen LogP contribution is -2.29. The number of hydrogen-bond acceptors (Lipinski definition) is 8. The van der Waals surface area contributed by atoms with Crippen LogP contribution in [0.25, 0.3) is 0 Å². The third-order valence-corrected chi connectivity index (χ3v) is 6.50. The number of carbonyl (C=O) groups is 3. The molecule has 36 heavy (non-hydrogen) atoms. The number of rotatable bonds is 11. The van der Waals surface area contributed by atoms with E-state index >= 15 is 0 Å². The van der Waals surface area contributed by atoms with E-state index in [0.29, 0.717) is 42.0 Å². The number of benzene rings is 1. The van der Waals surface area contributed by atoms with Crippen LogP contribution in [-0.4, -0.2) is 67.4 Å². The zero-order valence-electron chi connectivity index (χ0n) is 20.5. The van der Waals surface area contributed by atoms with Gasteiger partial charge in [0.05, 0.1) is 18.4 Å². The van der Waals surface area contributed by atoms with E-state index in [4.69, 9.17) is 37.4 Å². The molecule has 0 spiro atoms. The molecule has 1 amide bonds. The number of cyclic esters (lactones) is 1. The summed E-state index contributed by atoms with van der Waals surface area (Å²) in [5.74, 6) is -1.88. The minimum absolute atomic E-state index is 0.00667. The minimum atomic E-state index is -3.21. The Bertz CT molecular complexity index is 1050. The van der Waals surface area contributed by atoms with E-state index in [9.17, 15) is 18.8 Å². The maximum Gasteiger partial charge on any atom is 0.341 e. The predicted molar refractivity (Wildman–Crippen MR) is 133 cm³/mol. The Hall–Kier alpha value is -2.40. The molecule has 0 radical (unpaired) electrons. The van der Waals surface area contributed by atoms with E-state index in [2.05, 4.69) is 15.5 Å². The van der Waals surface area contributed by atoms with Crippen molar-refractivity contribution in [3.05, 3.63) is 33.9 Å². The number of hydrogen-bond donors (Lipinski definition) is 2. The minimum Gasteiger partial charge on any atom is -0.496 e.